The van der Waals surface area contributed by atoms with Gasteiger partial charge in [0.15, 0.2) is 5.82 Å². The van der Waals surface area contributed by atoms with E-state index >= 15 is 0 Å². The Labute approximate surface area is 114 Å². The zero-order chi connectivity index (χ0) is 14.6. The Hall–Kier alpha value is -1.84. The summed E-state index contributed by atoms with van der Waals surface area (Å²) < 4.78 is 44.0. The van der Waals surface area contributed by atoms with Gasteiger partial charge in [0, 0.05) is 18.5 Å². The van der Waals surface area contributed by atoms with E-state index in [2.05, 4.69) is 19.4 Å². The van der Waals surface area contributed by atoms with Crippen molar-refractivity contribution < 1.29 is 22.4 Å². The molecule has 1 heterocycles. The third-order valence-electron chi connectivity index (χ3n) is 2.55. The molecule has 0 bridgehead atoms. The van der Waals surface area contributed by atoms with Crippen molar-refractivity contribution in [1.82, 2.24) is 14.9 Å². The van der Waals surface area contributed by atoms with Crippen LogP contribution in [0.15, 0.2) is 34.0 Å². The number of aliphatic hydroxyl groups excluding tert-OH is 1. The Bertz CT molecular complexity index is 673. The molecule has 1 aromatic carbocycles. The molecule has 20 heavy (non-hydrogen) atoms. The second kappa shape index (κ2) is 6.07. The van der Waals surface area contributed by atoms with Gasteiger partial charge in [-0.3, -0.25) is 0 Å². The fourth-order valence-electron chi connectivity index (χ4n) is 1.52. The average Bonchev–Trinajstić information content (AvgIpc) is 2.92. The van der Waals surface area contributed by atoms with Gasteiger partial charge in [-0.15, -0.1) is 0 Å². The van der Waals surface area contributed by atoms with Crippen LogP contribution in [0.25, 0.3) is 0 Å². The number of sulfonamides is 1. The molecule has 0 fully saturated rings. The van der Waals surface area contributed by atoms with Crippen molar-refractivity contribution in [2.75, 3.05) is 6.54 Å². The molecule has 0 radical (unpaired) electrons. The third kappa shape index (κ3) is 3.38. The van der Waals surface area contributed by atoms with E-state index in [4.69, 9.17) is 5.11 Å². The van der Waals surface area contributed by atoms with Crippen LogP contribution >= 0.6 is 0 Å². The molecule has 0 saturated carbocycles. The third-order valence-corrected chi connectivity index (χ3v) is 4.00. The van der Waals surface area contributed by atoms with Gasteiger partial charge in [-0.2, -0.15) is 4.98 Å². The molecule has 0 aliphatic rings. The van der Waals surface area contributed by atoms with Gasteiger partial charge in [-0.25, -0.2) is 17.5 Å². The summed E-state index contributed by atoms with van der Waals surface area (Å²) in [5.74, 6) is -0.277. The quantitative estimate of drug-likeness (QED) is 0.791. The monoisotopic (exact) mass is 301 g/mol. The zero-order valence-corrected chi connectivity index (χ0v) is 11.1. The van der Waals surface area contributed by atoms with Crippen molar-refractivity contribution in [1.29, 1.82) is 0 Å². The highest BCUT2D eigenvalue weighted by Crippen LogP contribution is 2.15. The number of rotatable bonds is 6. The van der Waals surface area contributed by atoms with Gasteiger partial charge < -0.3 is 9.63 Å². The molecule has 0 amide bonds. The Morgan fingerprint density at radius 1 is 1.40 bits per heavy atom. The molecule has 0 unspecified atom stereocenters. The van der Waals surface area contributed by atoms with E-state index < -0.39 is 22.4 Å². The number of hydrogen-bond acceptors (Lipinski definition) is 6. The summed E-state index contributed by atoms with van der Waals surface area (Å²) >= 11 is 0. The topological polar surface area (TPSA) is 105 Å². The van der Waals surface area contributed by atoms with Gasteiger partial charge in [0.2, 0.25) is 16.4 Å². The van der Waals surface area contributed by atoms with E-state index in [9.17, 15) is 12.8 Å². The highest BCUT2D eigenvalue weighted by Gasteiger charge is 2.16. The van der Waals surface area contributed by atoms with Crippen LogP contribution in [0.2, 0.25) is 0 Å². The van der Waals surface area contributed by atoms with Gasteiger partial charge in [0.25, 0.3) is 0 Å². The zero-order valence-electron chi connectivity index (χ0n) is 10.3. The molecule has 2 aromatic rings. The summed E-state index contributed by atoms with van der Waals surface area (Å²) in [6, 6.07) is 3.22. The van der Waals surface area contributed by atoms with E-state index in [1.54, 1.807) is 0 Å². The largest absolute Gasteiger partial charge is 0.392 e. The fraction of sp³-hybridized carbons (Fsp3) is 0.273. The summed E-state index contributed by atoms with van der Waals surface area (Å²) in [7, 11) is -3.78. The predicted molar refractivity (Wildman–Crippen MR) is 65.5 cm³/mol. The predicted octanol–water partition coefficient (Wildman–Crippen LogP) is 0.222. The average molecular weight is 301 g/mol. The Balaban J connectivity index is 2.06. The summed E-state index contributed by atoms with van der Waals surface area (Å²) in [5.41, 5.74) is -0.0777. The molecule has 2 rings (SSSR count). The highest BCUT2D eigenvalue weighted by atomic mass is 32.2. The lowest BCUT2D eigenvalue weighted by atomic mass is 10.2. The molecular weight excluding hydrogens is 289 g/mol. The molecular formula is C11H12FN3O4S. The fourth-order valence-corrected chi connectivity index (χ4v) is 2.60. The first-order chi connectivity index (χ1) is 9.53. The van der Waals surface area contributed by atoms with Gasteiger partial charge in [-0.1, -0.05) is 5.16 Å². The van der Waals surface area contributed by atoms with Crippen molar-refractivity contribution in [2.24, 2.45) is 0 Å². The lowest BCUT2D eigenvalue weighted by molar-refractivity contribution is 0.275. The normalized spacial score (nSPS) is 11.7. The molecule has 108 valence electrons. The number of benzene rings is 1. The molecule has 0 aliphatic heterocycles. The van der Waals surface area contributed by atoms with E-state index in [1.165, 1.54) is 0 Å². The minimum Gasteiger partial charge on any atom is -0.392 e. The Kier molecular flexibility index (Phi) is 4.42. The Morgan fingerprint density at radius 2 is 2.20 bits per heavy atom. The maximum atomic E-state index is 13.2. The number of nitrogens with zero attached hydrogens (tertiary/aromatic N) is 2. The molecule has 0 saturated heterocycles. The van der Waals surface area contributed by atoms with Gasteiger partial charge in [0.1, 0.15) is 5.82 Å². The van der Waals surface area contributed by atoms with E-state index in [-0.39, 0.29) is 23.4 Å². The standard InChI is InChI=1S/C11H12FN3O4S/c12-10-2-1-9(5-8(10)6-16)20(17,18)14-4-3-11-13-7-19-15-11/h1-2,5,7,14,16H,3-4,6H2. The summed E-state index contributed by atoms with van der Waals surface area (Å²) in [5, 5.41) is 12.5. The van der Waals surface area contributed by atoms with Crippen molar-refractivity contribution >= 4 is 10.0 Å². The van der Waals surface area contributed by atoms with Crippen LogP contribution in [0.4, 0.5) is 4.39 Å². The van der Waals surface area contributed by atoms with Crippen molar-refractivity contribution in [3.05, 3.63) is 41.8 Å². The minimum absolute atomic E-state index is 0.0771. The van der Waals surface area contributed by atoms with Crippen LogP contribution in [-0.4, -0.2) is 30.2 Å². The first kappa shape index (κ1) is 14.6. The number of halogens is 1. The smallest absolute Gasteiger partial charge is 0.240 e. The lowest BCUT2D eigenvalue weighted by Gasteiger charge is -2.07. The van der Waals surface area contributed by atoms with E-state index in [1.807, 2.05) is 0 Å². The Morgan fingerprint density at radius 3 is 2.85 bits per heavy atom. The van der Waals surface area contributed by atoms with E-state index in [0.29, 0.717) is 5.82 Å². The van der Waals surface area contributed by atoms with Crippen molar-refractivity contribution in [3.8, 4) is 0 Å². The second-order valence-corrected chi connectivity index (χ2v) is 5.67. The van der Waals surface area contributed by atoms with Gasteiger partial charge in [-0.05, 0) is 18.2 Å². The molecule has 7 nitrogen and oxygen atoms in total. The second-order valence-electron chi connectivity index (χ2n) is 3.91. The molecule has 0 spiro atoms. The number of aromatic nitrogens is 2. The SMILES string of the molecule is O=S(=O)(NCCc1ncon1)c1ccc(F)c(CO)c1. The molecule has 0 atom stereocenters. The first-order valence-corrected chi connectivity index (χ1v) is 7.15. The van der Waals surface area contributed by atoms with Crippen molar-refractivity contribution in [2.45, 2.75) is 17.9 Å². The van der Waals surface area contributed by atoms with E-state index in [0.717, 1.165) is 24.6 Å². The van der Waals surface area contributed by atoms with Crippen LogP contribution < -0.4 is 4.72 Å². The first-order valence-electron chi connectivity index (χ1n) is 5.67. The highest BCUT2D eigenvalue weighted by molar-refractivity contribution is 7.89. The van der Waals surface area contributed by atoms with Crippen LogP contribution in [0.1, 0.15) is 11.4 Å². The van der Waals surface area contributed by atoms with Crippen LogP contribution in [0.3, 0.4) is 0 Å². The number of nitrogens with one attached hydrogen (secondary N) is 1. The van der Waals surface area contributed by atoms with Gasteiger partial charge >= 0.3 is 0 Å². The number of hydrogen-bond donors (Lipinski definition) is 2. The molecule has 2 N–H and O–H groups in total. The molecule has 0 aliphatic carbocycles. The maximum absolute atomic E-state index is 13.2. The van der Waals surface area contributed by atoms with Crippen LogP contribution in [0.5, 0.6) is 0 Å². The lowest BCUT2D eigenvalue weighted by Crippen LogP contribution is -2.26. The van der Waals surface area contributed by atoms with Crippen molar-refractivity contribution in [3.63, 3.8) is 0 Å². The number of aliphatic hydroxyl groups is 1. The summed E-state index contributed by atoms with van der Waals surface area (Å²) in [6.45, 7) is -0.494. The maximum Gasteiger partial charge on any atom is 0.240 e. The van der Waals surface area contributed by atoms with Crippen LogP contribution in [-0.2, 0) is 23.1 Å². The minimum atomic E-state index is -3.78. The molecule has 9 heteroatoms. The van der Waals surface area contributed by atoms with Gasteiger partial charge in [0.05, 0.1) is 11.5 Å². The summed E-state index contributed by atoms with van der Waals surface area (Å²) in [4.78, 5) is 3.64. The molecule has 1 aromatic heterocycles. The van der Waals surface area contributed by atoms with Crippen LogP contribution in [0, 0.1) is 5.82 Å². The summed E-state index contributed by atoms with van der Waals surface area (Å²) in [6.07, 6.45) is 1.42.